The summed E-state index contributed by atoms with van der Waals surface area (Å²) in [5, 5.41) is 0. The third-order valence-corrected chi connectivity index (χ3v) is 3.29. The van der Waals surface area contributed by atoms with E-state index in [0.29, 0.717) is 6.42 Å². The molecule has 18 heavy (non-hydrogen) atoms. The zero-order chi connectivity index (χ0) is 13.0. The van der Waals surface area contributed by atoms with Crippen LogP contribution in [-0.4, -0.2) is 18.7 Å². The average Bonchev–Trinajstić information content (AvgIpc) is 2.34. The van der Waals surface area contributed by atoms with Gasteiger partial charge in [0.25, 0.3) is 0 Å². The summed E-state index contributed by atoms with van der Waals surface area (Å²) in [6, 6.07) is 10.1. The van der Waals surface area contributed by atoms with Crippen molar-refractivity contribution in [3.8, 4) is 0 Å². The average molecular weight is 246 g/mol. The molecule has 0 radical (unpaired) electrons. The van der Waals surface area contributed by atoms with Crippen molar-refractivity contribution in [3.63, 3.8) is 0 Å². The van der Waals surface area contributed by atoms with Crippen LogP contribution in [0.3, 0.4) is 0 Å². The maximum atomic E-state index is 11.2. The Hall–Kier alpha value is -1.61. The van der Waals surface area contributed by atoms with Crippen LogP contribution < -0.4 is 0 Å². The van der Waals surface area contributed by atoms with E-state index in [1.54, 1.807) is 0 Å². The number of hydrogen-bond donors (Lipinski definition) is 0. The summed E-state index contributed by atoms with van der Waals surface area (Å²) < 4.78 is 11.0. The summed E-state index contributed by atoms with van der Waals surface area (Å²) >= 11 is 0. The molecule has 2 atom stereocenters. The molecule has 1 aromatic rings. The van der Waals surface area contributed by atoms with Gasteiger partial charge in [-0.05, 0) is 12.5 Å². The third kappa shape index (κ3) is 2.62. The summed E-state index contributed by atoms with van der Waals surface area (Å²) in [5.41, 5.74) is 0.861. The molecule has 96 valence electrons. The number of carbonyl (C=O) groups is 1. The van der Waals surface area contributed by atoms with Gasteiger partial charge < -0.3 is 9.47 Å². The molecule has 0 spiro atoms. The van der Waals surface area contributed by atoms with Gasteiger partial charge in [-0.15, -0.1) is 0 Å². The van der Waals surface area contributed by atoms with Gasteiger partial charge in [0.1, 0.15) is 6.10 Å². The van der Waals surface area contributed by atoms with Gasteiger partial charge in [-0.1, -0.05) is 36.9 Å². The molecule has 0 N–H and O–H groups in total. The molecule has 3 nitrogen and oxygen atoms in total. The molecule has 1 heterocycles. The number of rotatable bonds is 5. The van der Waals surface area contributed by atoms with Crippen LogP contribution in [0.15, 0.2) is 43.0 Å². The molecule has 1 aliphatic heterocycles. The summed E-state index contributed by atoms with van der Waals surface area (Å²) in [6.07, 6.45) is 2.65. The SMILES string of the molecule is C=CC(=O)OC(C)CC1(c2ccccc2)CCO1. The Morgan fingerprint density at radius 1 is 1.56 bits per heavy atom. The van der Waals surface area contributed by atoms with Crippen molar-refractivity contribution >= 4 is 5.97 Å². The molecule has 0 bridgehead atoms. The van der Waals surface area contributed by atoms with E-state index in [9.17, 15) is 4.79 Å². The summed E-state index contributed by atoms with van der Waals surface area (Å²) in [7, 11) is 0. The largest absolute Gasteiger partial charge is 0.459 e. The fraction of sp³-hybridized carbons (Fsp3) is 0.400. The van der Waals surface area contributed by atoms with Crippen molar-refractivity contribution in [2.75, 3.05) is 6.61 Å². The van der Waals surface area contributed by atoms with Gasteiger partial charge >= 0.3 is 5.97 Å². The molecular weight excluding hydrogens is 228 g/mol. The summed E-state index contributed by atoms with van der Waals surface area (Å²) in [4.78, 5) is 11.2. The Morgan fingerprint density at radius 3 is 2.72 bits per heavy atom. The number of hydrogen-bond acceptors (Lipinski definition) is 3. The van der Waals surface area contributed by atoms with Crippen molar-refractivity contribution in [3.05, 3.63) is 48.6 Å². The molecule has 0 amide bonds. The number of ether oxygens (including phenoxy) is 2. The lowest BCUT2D eigenvalue weighted by Gasteiger charge is -2.43. The highest BCUT2D eigenvalue weighted by molar-refractivity contribution is 5.81. The van der Waals surface area contributed by atoms with Gasteiger partial charge in [-0.2, -0.15) is 0 Å². The smallest absolute Gasteiger partial charge is 0.330 e. The highest BCUT2D eigenvalue weighted by atomic mass is 16.6. The van der Waals surface area contributed by atoms with Crippen molar-refractivity contribution in [2.24, 2.45) is 0 Å². The van der Waals surface area contributed by atoms with Crippen LogP contribution in [0, 0.1) is 0 Å². The normalized spacial score (nSPS) is 23.8. The minimum Gasteiger partial charge on any atom is -0.459 e. The molecular formula is C15H18O3. The van der Waals surface area contributed by atoms with Gasteiger partial charge in [-0.3, -0.25) is 0 Å². The first-order valence-electron chi connectivity index (χ1n) is 6.19. The molecule has 1 saturated heterocycles. The van der Waals surface area contributed by atoms with Gasteiger partial charge in [0.15, 0.2) is 0 Å². The van der Waals surface area contributed by atoms with Crippen LogP contribution in [0.5, 0.6) is 0 Å². The fourth-order valence-corrected chi connectivity index (χ4v) is 2.35. The zero-order valence-electron chi connectivity index (χ0n) is 10.6. The Labute approximate surface area is 107 Å². The second-order valence-corrected chi connectivity index (χ2v) is 4.61. The standard InChI is InChI=1S/C15H18O3/c1-3-14(16)18-12(2)11-15(9-10-17-15)13-7-5-4-6-8-13/h3-8,12H,1,9-11H2,2H3. The first-order valence-corrected chi connectivity index (χ1v) is 6.19. The van der Waals surface area contributed by atoms with E-state index in [1.807, 2.05) is 25.1 Å². The van der Waals surface area contributed by atoms with Gasteiger partial charge in [-0.25, -0.2) is 4.79 Å². The lowest BCUT2D eigenvalue weighted by molar-refractivity contribution is -0.179. The summed E-state index contributed by atoms with van der Waals surface area (Å²) in [5.74, 6) is -0.384. The number of benzene rings is 1. The lowest BCUT2D eigenvalue weighted by atomic mass is 9.82. The van der Waals surface area contributed by atoms with E-state index >= 15 is 0 Å². The van der Waals surface area contributed by atoms with Crippen molar-refractivity contribution < 1.29 is 14.3 Å². The molecule has 1 aromatic carbocycles. The third-order valence-electron chi connectivity index (χ3n) is 3.29. The molecule has 2 unspecified atom stereocenters. The van der Waals surface area contributed by atoms with Crippen LogP contribution in [-0.2, 0) is 19.9 Å². The van der Waals surface area contributed by atoms with E-state index in [-0.39, 0.29) is 17.7 Å². The van der Waals surface area contributed by atoms with Crippen LogP contribution in [0.25, 0.3) is 0 Å². The maximum absolute atomic E-state index is 11.2. The van der Waals surface area contributed by atoms with E-state index in [4.69, 9.17) is 9.47 Å². The van der Waals surface area contributed by atoms with E-state index in [1.165, 1.54) is 6.08 Å². The minimum absolute atomic E-state index is 0.184. The Bertz CT molecular complexity index is 421. The van der Waals surface area contributed by atoms with Gasteiger partial charge in [0, 0.05) is 18.9 Å². The molecule has 1 aliphatic rings. The Kier molecular flexibility index (Phi) is 3.82. The minimum atomic E-state index is -0.384. The molecule has 0 saturated carbocycles. The van der Waals surface area contributed by atoms with Crippen LogP contribution in [0.2, 0.25) is 0 Å². The highest BCUT2D eigenvalue weighted by Gasteiger charge is 2.41. The van der Waals surface area contributed by atoms with Gasteiger partial charge in [0.05, 0.1) is 12.2 Å². The molecule has 2 rings (SSSR count). The molecule has 0 aliphatic carbocycles. The topological polar surface area (TPSA) is 35.5 Å². The van der Waals surface area contributed by atoms with Crippen molar-refractivity contribution in [1.82, 2.24) is 0 Å². The number of esters is 1. The second kappa shape index (κ2) is 5.36. The monoisotopic (exact) mass is 246 g/mol. The highest BCUT2D eigenvalue weighted by Crippen LogP contribution is 2.41. The quantitative estimate of drug-likeness (QED) is 0.592. The van der Waals surface area contributed by atoms with Crippen molar-refractivity contribution in [2.45, 2.75) is 31.5 Å². The predicted octanol–water partition coefficient (Wildman–Crippen LogP) is 2.81. The van der Waals surface area contributed by atoms with E-state index < -0.39 is 0 Å². The van der Waals surface area contributed by atoms with Crippen molar-refractivity contribution in [1.29, 1.82) is 0 Å². The molecule has 1 fully saturated rings. The van der Waals surface area contributed by atoms with Crippen LogP contribution >= 0.6 is 0 Å². The summed E-state index contributed by atoms with van der Waals surface area (Å²) in [6.45, 7) is 6.04. The predicted molar refractivity (Wildman–Crippen MR) is 69.1 cm³/mol. The lowest BCUT2D eigenvalue weighted by Crippen LogP contribution is -2.43. The second-order valence-electron chi connectivity index (χ2n) is 4.61. The Balaban J connectivity index is 2.05. The first kappa shape index (κ1) is 12.8. The molecule has 0 aromatic heterocycles. The molecule has 3 heteroatoms. The Morgan fingerprint density at radius 2 is 2.22 bits per heavy atom. The van der Waals surface area contributed by atoms with Gasteiger partial charge in [0.2, 0.25) is 0 Å². The van der Waals surface area contributed by atoms with E-state index in [2.05, 4.69) is 18.7 Å². The van der Waals surface area contributed by atoms with E-state index in [0.717, 1.165) is 18.6 Å². The fourth-order valence-electron chi connectivity index (χ4n) is 2.35. The first-order chi connectivity index (χ1) is 8.66. The zero-order valence-corrected chi connectivity index (χ0v) is 10.6. The number of carbonyl (C=O) groups excluding carboxylic acids is 1. The van der Waals surface area contributed by atoms with Crippen LogP contribution in [0.4, 0.5) is 0 Å². The van der Waals surface area contributed by atoms with Crippen LogP contribution in [0.1, 0.15) is 25.3 Å². The maximum Gasteiger partial charge on any atom is 0.330 e.